The van der Waals surface area contributed by atoms with Crippen molar-refractivity contribution in [3.63, 3.8) is 0 Å². The van der Waals surface area contributed by atoms with Crippen molar-refractivity contribution in [2.24, 2.45) is 17.8 Å². The van der Waals surface area contributed by atoms with Crippen molar-refractivity contribution in [3.8, 4) is 6.07 Å². The maximum absolute atomic E-state index is 13.5. The van der Waals surface area contributed by atoms with Gasteiger partial charge in [-0.3, -0.25) is 0 Å². The first kappa shape index (κ1) is 22.5. The fourth-order valence-electron chi connectivity index (χ4n) is 5.00. The zero-order valence-corrected chi connectivity index (χ0v) is 17.8. The highest BCUT2D eigenvalue weighted by molar-refractivity contribution is 5.22. The highest BCUT2D eigenvalue weighted by atomic mass is 19.2. The lowest BCUT2D eigenvalue weighted by molar-refractivity contribution is 0.295. The van der Waals surface area contributed by atoms with Crippen molar-refractivity contribution in [1.82, 2.24) is 0 Å². The summed E-state index contributed by atoms with van der Waals surface area (Å²) in [6, 6.07) is 6.39. The SMILES string of the molecule is N#CC=CC=CCC[C@H]1CC[C@H](/C=C/[C@H]2CC[C@H](c3ccc(F)c(F)c3)CC2)CC1. The molecule has 160 valence electrons. The van der Waals surface area contributed by atoms with Crippen LogP contribution in [-0.2, 0) is 0 Å². The van der Waals surface area contributed by atoms with E-state index >= 15 is 0 Å². The second-order valence-corrected chi connectivity index (χ2v) is 8.94. The predicted molar refractivity (Wildman–Crippen MR) is 119 cm³/mol. The number of nitrogens with zero attached hydrogens (tertiary/aromatic N) is 1. The highest BCUT2D eigenvalue weighted by Crippen LogP contribution is 2.38. The normalized spacial score (nSPS) is 27.8. The van der Waals surface area contributed by atoms with Gasteiger partial charge in [-0.1, -0.05) is 36.4 Å². The van der Waals surface area contributed by atoms with Crippen molar-refractivity contribution in [2.75, 3.05) is 0 Å². The zero-order chi connectivity index (χ0) is 21.2. The molecule has 1 aromatic rings. The minimum absolute atomic E-state index is 0.365. The zero-order valence-electron chi connectivity index (χ0n) is 17.8. The molecule has 2 fully saturated rings. The Kier molecular flexibility index (Phi) is 8.87. The molecule has 3 heteroatoms. The number of hydrogen-bond acceptors (Lipinski definition) is 1. The molecule has 0 amide bonds. The lowest BCUT2D eigenvalue weighted by Crippen LogP contribution is -2.14. The van der Waals surface area contributed by atoms with E-state index in [1.807, 2.05) is 12.1 Å². The van der Waals surface area contributed by atoms with Gasteiger partial charge in [0.05, 0.1) is 6.07 Å². The maximum atomic E-state index is 13.5. The van der Waals surface area contributed by atoms with Gasteiger partial charge in [-0.05, 0) is 106 Å². The van der Waals surface area contributed by atoms with Gasteiger partial charge in [-0.2, -0.15) is 5.26 Å². The number of rotatable bonds is 7. The Bertz CT molecular complexity index is 786. The standard InChI is InChI=1S/C27H33F2N/c28-26-18-17-25(20-27(26)29)24-15-13-23(14-16-24)12-11-22-9-7-21(8-10-22)6-4-2-1-3-5-19-30/h1-3,5,11-12,17-18,20-24H,4,6-10,13-16H2/b2-1?,5-3?,12-11+/t21-,22-,23-,24-. The minimum atomic E-state index is -0.755. The van der Waals surface area contributed by atoms with Crippen LogP contribution in [0.2, 0.25) is 0 Å². The second-order valence-electron chi connectivity index (χ2n) is 8.94. The molecule has 0 bridgehead atoms. The molecule has 2 aliphatic carbocycles. The molecule has 0 saturated heterocycles. The summed E-state index contributed by atoms with van der Waals surface area (Å²) >= 11 is 0. The maximum Gasteiger partial charge on any atom is 0.159 e. The number of allylic oxidation sites excluding steroid dienone is 6. The Labute approximate surface area is 180 Å². The van der Waals surface area contributed by atoms with Crippen LogP contribution in [-0.4, -0.2) is 0 Å². The van der Waals surface area contributed by atoms with Crippen LogP contribution in [0.25, 0.3) is 0 Å². The molecule has 30 heavy (non-hydrogen) atoms. The monoisotopic (exact) mass is 409 g/mol. The third-order valence-corrected chi connectivity index (χ3v) is 6.89. The minimum Gasteiger partial charge on any atom is -0.204 e. The predicted octanol–water partition coefficient (Wildman–Crippen LogP) is 8.02. The molecule has 2 saturated carbocycles. The summed E-state index contributed by atoms with van der Waals surface area (Å²) in [5, 5.41) is 8.45. The van der Waals surface area contributed by atoms with Crippen LogP contribution in [0.1, 0.15) is 75.7 Å². The van der Waals surface area contributed by atoms with Gasteiger partial charge in [0.15, 0.2) is 11.6 Å². The van der Waals surface area contributed by atoms with E-state index in [0.29, 0.717) is 11.8 Å². The molecule has 0 unspecified atom stereocenters. The van der Waals surface area contributed by atoms with Gasteiger partial charge in [0, 0.05) is 6.08 Å². The number of hydrogen-bond donors (Lipinski definition) is 0. The quantitative estimate of drug-likeness (QED) is 0.254. The molecular formula is C27H33F2N. The highest BCUT2D eigenvalue weighted by Gasteiger charge is 2.23. The van der Waals surface area contributed by atoms with Gasteiger partial charge < -0.3 is 0 Å². The Balaban J connectivity index is 1.34. The molecule has 0 N–H and O–H groups in total. The first-order valence-corrected chi connectivity index (χ1v) is 11.5. The fourth-order valence-corrected chi connectivity index (χ4v) is 5.00. The lowest BCUT2D eigenvalue weighted by atomic mass is 9.77. The summed E-state index contributed by atoms with van der Waals surface area (Å²) < 4.78 is 26.6. The fraction of sp³-hybridized carbons (Fsp3) is 0.519. The molecule has 1 aromatic carbocycles. The first-order chi connectivity index (χ1) is 14.7. The summed E-state index contributed by atoms with van der Waals surface area (Å²) in [5.74, 6) is 1.08. The van der Waals surface area contributed by atoms with Crippen molar-refractivity contribution in [3.05, 3.63) is 71.9 Å². The molecule has 0 radical (unpaired) electrons. The smallest absolute Gasteiger partial charge is 0.159 e. The van der Waals surface area contributed by atoms with E-state index < -0.39 is 11.6 Å². The van der Waals surface area contributed by atoms with E-state index in [0.717, 1.165) is 49.5 Å². The van der Waals surface area contributed by atoms with Gasteiger partial charge in [0.25, 0.3) is 0 Å². The van der Waals surface area contributed by atoms with E-state index in [2.05, 4.69) is 18.2 Å². The Morgan fingerprint density at radius 3 is 2.17 bits per heavy atom. The summed E-state index contributed by atoms with van der Waals surface area (Å²) in [6.45, 7) is 0. The van der Waals surface area contributed by atoms with Gasteiger partial charge in [-0.15, -0.1) is 0 Å². The van der Waals surface area contributed by atoms with E-state index in [4.69, 9.17) is 5.26 Å². The third kappa shape index (κ3) is 6.94. The molecule has 1 nitrogen and oxygen atoms in total. The molecule has 0 aromatic heterocycles. The van der Waals surface area contributed by atoms with Crippen LogP contribution in [0.5, 0.6) is 0 Å². The van der Waals surface area contributed by atoms with Crippen LogP contribution in [0.4, 0.5) is 8.78 Å². The molecule has 0 spiro atoms. The summed E-state index contributed by atoms with van der Waals surface area (Å²) in [6.07, 6.45) is 24.3. The molecular weight excluding hydrogens is 376 g/mol. The van der Waals surface area contributed by atoms with Gasteiger partial charge >= 0.3 is 0 Å². The lowest BCUT2D eigenvalue weighted by Gasteiger charge is -2.29. The summed E-state index contributed by atoms with van der Waals surface area (Å²) in [4.78, 5) is 0. The molecule has 0 heterocycles. The summed E-state index contributed by atoms with van der Waals surface area (Å²) in [5.41, 5.74) is 0.950. The van der Waals surface area contributed by atoms with Gasteiger partial charge in [-0.25, -0.2) is 8.78 Å². The van der Waals surface area contributed by atoms with E-state index in [-0.39, 0.29) is 0 Å². The second kappa shape index (κ2) is 11.8. The molecule has 0 atom stereocenters. The molecule has 3 rings (SSSR count). The molecule has 2 aliphatic rings. The van der Waals surface area contributed by atoms with Gasteiger partial charge in [0.1, 0.15) is 0 Å². The van der Waals surface area contributed by atoms with Crippen molar-refractivity contribution >= 4 is 0 Å². The number of halogens is 2. The van der Waals surface area contributed by atoms with E-state index in [1.165, 1.54) is 50.3 Å². The van der Waals surface area contributed by atoms with Crippen LogP contribution >= 0.6 is 0 Å². The Morgan fingerprint density at radius 2 is 1.53 bits per heavy atom. The van der Waals surface area contributed by atoms with Crippen LogP contribution in [0.15, 0.2) is 54.7 Å². The Hall–Kier alpha value is -2.21. The average molecular weight is 410 g/mol. The van der Waals surface area contributed by atoms with E-state index in [9.17, 15) is 8.78 Å². The van der Waals surface area contributed by atoms with Crippen LogP contribution in [0, 0.1) is 40.7 Å². The number of nitriles is 1. The third-order valence-electron chi connectivity index (χ3n) is 6.89. The van der Waals surface area contributed by atoms with Gasteiger partial charge in [0.2, 0.25) is 0 Å². The van der Waals surface area contributed by atoms with Crippen LogP contribution in [0.3, 0.4) is 0 Å². The van der Waals surface area contributed by atoms with Crippen molar-refractivity contribution in [2.45, 2.75) is 70.1 Å². The van der Waals surface area contributed by atoms with E-state index in [1.54, 1.807) is 12.1 Å². The molecule has 0 aliphatic heterocycles. The summed E-state index contributed by atoms with van der Waals surface area (Å²) in [7, 11) is 0. The topological polar surface area (TPSA) is 23.8 Å². The number of benzene rings is 1. The van der Waals surface area contributed by atoms with Crippen molar-refractivity contribution < 1.29 is 8.78 Å². The first-order valence-electron chi connectivity index (χ1n) is 11.5. The van der Waals surface area contributed by atoms with Crippen LogP contribution < -0.4 is 0 Å². The Morgan fingerprint density at radius 1 is 0.867 bits per heavy atom. The average Bonchev–Trinajstić information content (AvgIpc) is 2.78. The largest absolute Gasteiger partial charge is 0.204 e. The van der Waals surface area contributed by atoms with Crippen molar-refractivity contribution in [1.29, 1.82) is 5.26 Å².